The molecule has 0 saturated heterocycles. The zero-order valence-corrected chi connectivity index (χ0v) is 9.96. The molecule has 5 heteroatoms. The topological polar surface area (TPSA) is 67.1 Å². The average molecular weight is 234 g/mol. The third kappa shape index (κ3) is 2.04. The number of aromatic amines is 2. The second-order valence-corrected chi connectivity index (χ2v) is 3.65. The number of nitrogens with one attached hydrogen (secondary N) is 2. The minimum absolute atomic E-state index is 0.215. The monoisotopic (exact) mass is 234 g/mol. The Labute approximate surface area is 98.4 Å². The van der Waals surface area contributed by atoms with Crippen LogP contribution in [0, 0.1) is 6.92 Å². The summed E-state index contributed by atoms with van der Waals surface area (Å²) >= 11 is 0. The summed E-state index contributed by atoms with van der Waals surface area (Å²) in [5, 5.41) is 0. The van der Waals surface area contributed by atoms with Gasteiger partial charge in [0.25, 0.3) is 0 Å². The molecule has 0 saturated carbocycles. The van der Waals surface area contributed by atoms with E-state index in [0.717, 1.165) is 17.0 Å². The first-order valence-corrected chi connectivity index (χ1v) is 5.17. The molecule has 17 heavy (non-hydrogen) atoms. The molecular formula is C12H14N2O3. The lowest BCUT2D eigenvalue weighted by Crippen LogP contribution is -2.00. The van der Waals surface area contributed by atoms with Crippen molar-refractivity contribution in [2.24, 2.45) is 0 Å². The molecule has 0 aliphatic carbocycles. The van der Waals surface area contributed by atoms with E-state index in [-0.39, 0.29) is 5.69 Å². The highest BCUT2D eigenvalue weighted by molar-refractivity contribution is 5.65. The van der Waals surface area contributed by atoms with E-state index < -0.39 is 0 Å². The van der Waals surface area contributed by atoms with Crippen LogP contribution in [0.1, 0.15) is 5.69 Å². The molecule has 2 N–H and O–H groups in total. The molecule has 90 valence electrons. The summed E-state index contributed by atoms with van der Waals surface area (Å²) < 4.78 is 10.4. The molecule has 0 unspecified atom stereocenters. The molecular weight excluding hydrogens is 220 g/mol. The van der Waals surface area contributed by atoms with Gasteiger partial charge in [-0.15, -0.1) is 0 Å². The van der Waals surface area contributed by atoms with Gasteiger partial charge >= 0.3 is 5.69 Å². The Bertz CT molecular complexity index is 584. The summed E-state index contributed by atoms with van der Waals surface area (Å²) in [4.78, 5) is 16.6. The first kappa shape index (κ1) is 11.3. The van der Waals surface area contributed by atoms with Crippen molar-refractivity contribution in [2.75, 3.05) is 14.2 Å². The van der Waals surface area contributed by atoms with E-state index in [4.69, 9.17) is 9.47 Å². The summed E-state index contributed by atoms with van der Waals surface area (Å²) in [5.74, 6) is 1.29. The maximum Gasteiger partial charge on any atom is 0.323 e. The highest BCUT2D eigenvalue weighted by atomic mass is 16.5. The minimum atomic E-state index is -0.215. The van der Waals surface area contributed by atoms with Crippen molar-refractivity contribution < 1.29 is 9.47 Å². The van der Waals surface area contributed by atoms with E-state index >= 15 is 0 Å². The molecule has 0 amide bonds. The van der Waals surface area contributed by atoms with Gasteiger partial charge in [0.2, 0.25) is 0 Å². The van der Waals surface area contributed by atoms with E-state index in [1.807, 2.05) is 19.1 Å². The molecule has 0 spiro atoms. The third-order valence-corrected chi connectivity index (χ3v) is 2.59. The number of H-pyrrole nitrogens is 2. The Hall–Kier alpha value is -2.17. The molecule has 2 aromatic rings. The predicted octanol–water partition coefficient (Wildman–Crippen LogP) is 1.70. The van der Waals surface area contributed by atoms with E-state index in [1.165, 1.54) is 0 Å². The van der Waals surface area contributed by atoms with Crippen molar-refractivity contribution in [1.29, 1.82) is 0 Å². The van der Waals surface area contributed by atoms with Gasteiger partial charge in [-0.3, -0.25) is 0 Å². The number of benzene rings is 1. The standard InChI is InChI=1S/C12H14N2O3/c1-7-11(14-12(15)13-7)8-4-5-9(16-2)10(6-8)17-3/h4-6H,1-3H3,(H2,13,14,15). The number of hydrogen-bond acceptors (Lipinski definition) is 3. The van der Waals surface area contributed by atoms with Crippen molar-refractivity contribution in [3.05, 3.63) is 34.4 Å². The van der Waals surface area contributed by atoms with Crippen LogP contribution in [0.5, 0.6) is 11.5 Å². The molecule has 1 aromatic heterocycles. The highest BCUT2D eigenvalue weighted by Gasteiger charge is 2.09. The quantitative estimate of drug-likeness (QED) is 0.849. The summed E-state index contributed by atoms with van der Waals surface area (Å²) in [6, 6.07) is 5.50. The number of aromatic nitrogens is 2. The van der Waals surface area contributed by atoms with Crippen molar-refractivity contribution in [3.63, 3.8) is 0 Å². The first-order valence-electron chi connectivity index (χ1n) is 5.17. The number of imidazole rings is 1. The first-order chi connectivity index (χ1) is 8.15. The van der Waals surface area contributed by atoms with Gasteiger partial charge in [-0.25, -0.2) is 4.79 Å². The Morgan fingerprint density at radius 3 is 2.29 bits per heavy atom. The lowest BCUT2D eigenvalue weighted by atomic mass is 10.1. The van der Waals surface area contributed by atoms with E-state index in [2.05, 4.69) is 9.97 Å². The van der Waals surface area contributed by atoms with E-state index in [9.17, 15) is 4.79 Å². The fourth-order valence-corrected chi connectivity index (χ4v) is 1.75. The van der Waals surface area contributed by atoms with Crippen molar-refractivity contribution >= 4 is 0 Å². The van der Waals surface area contributed by atoms with Gasteiger partial charge in [0, 0.05) is 11.3 Å². The number of rotatable bonds is 3. The van der Waals surface area contributed by atoms with Crippen LogP contribution in [0.2, 0.25) is 0 Å². The Kier molecular flexibility index (Phi) is 2.91. The second-order valence-electron chi connectivity index (χ2n) is 3.65. The molecule has 0 atom stereocenters. The number of hydrogen-bond donors (Lipinski definition) is 2. The maximum absolute atomic E-state index is 11.2. The molecule has 0 bridgehead atoms. The molecule has 0 aliphatic heterocycles. The lowest BCUT2D eigenvalue weighted by molar-refractivity contribution is 0.355. The van der Waals surface area contributed by atoms with E-state index in [0.29, 0.717) is 11.5 Å². The lowest BCUT2D eigenvalue weighted by Gasteiger charge is -2.09. The van der Waals surface area contributed by atoms with Gasteiger partial charge < -0.3 is 19.4 Å². The molecule has 1 aromatic carbocycles. The van der Waals surface area contributed by atoms with Gasteiger partial charge in [0.1, 0.15) is 0 Å². The smallest absolute Gasteiger partial charge is 0.323 e. The fraction of sp³-hybridized carbons (Fsp3) is 0.250. The molecule has 5 nitrogen and oxygen atoms in total. The van der Waals surface area contributed by atoms with Gasteiger partial charge in [-0.1, -0.05) is 0 Å². The van der Waals surface area contributed by atoms with Crippen molar-refractivity contribution in [1.82, 2.24) is 9.97 Å². The second kappa shape index (κ2) is 4.37. The SMILES string of the molecule is COc1ccc(-c2[nH]c(=O)[nH]c2C)cc1OC. The van der Waals surface area contributed by atoms with Crippen LogP contribution >= 0.6 is 0 Å². The maximum atomic E-state index is 11.2. The fourth-order valence-electron chi connectivity index (χ4n) is 1.75. The number of methoxy groups -OCH3 is 2. The van der Waals surface area contributed by atoms with Crippen molar-refractivity contribution in [2.45, 2.75) is 6.92 Å². The van der Waals surface area contributed by atoms with Crippen LogP contribution in [-0.2, 0) is 0 Å². The van der Waals surface area contributed by atoms with Gasteiger partial charge in [0.05, 0.1) is 19.9 Å². The van der Waals surface area contributed by atoms with Crippen LogP contribution in [0.25, 0.3) is 11.3 Å². The molecule has 2 rings (SSSR count). The van der Waals surface area contributed by atoms with Crippen LogP contribution < -0.4 is 15.2 Å². The van der Waals surface area contributed by atoms with Crippen LogP contribution in [0.15, 0.2) is 23.0 Å². The zero-order valence-electron chi connectivity index (χ0n) is 9.96. The number of ether oxygens (including phenoxy) is 2. The van der Waals surface area contributed by atoms with Gasteiger partial charge in [-0.2, -0.15) is 0 Å². The van der Waals surface area contributed by atoms with Crippen LogP contribution in [-0.4, -0.2) is 24.2 Å². The summed E-state index contributed by atoms with van der Waals surface area (Å²) in [7, 11) is 3.16. The van der Waals surface area contributed by atoms with Gasteiger partial charge in [0.15, 0.2) is 11.5 Å². The third-order valence-electron chi connectivity index (χ3n) is 2.59. The largest absolute Gasteiger partial charge is 0.493 e. The van der Waals surface area contributed by atoms with Crippen LogP contribution in [0.4, 0.5) is 0 Å². The predicted molar refractivity (Wildman–Crippen MR) is 64.7 cm³/mol. The number of aryl methyl sites for hydroxylation is 1. The Balaban J connectivity index is 2.53. The Morgan fingerprint density at radius 1 is 1.06 bits per heavy atom. The summed E-state index contributed by atoms with van der Waals surface area (Å²) in [6.07, 6.45) is 0. The molecule has 1 heterocycles. The zero-order chi connectivity index (χ0) is 12.4. The van der Waals surface area contributed by atoms with E-state index in [1.54, 1.807) is 20.3 Å². The van der Waals surface area contributed by atoms with Crippen LogP contribution in [0.3, 0.4) is 0 Å². The summed E-state index contributed by atoms with van der Waals surface area (Å²) in [6.45, 7) is 1.84. The Morgan fingerprint density at radius 2 is 1.76 bits per heavy atom. The minimum Gasteiger partial charge on any atom is -0.493 e. The van der Waals surface area contributed by atoms with Crippen molar-refractivity contribution in [3.8, 4) is 22.8 Å². The van der Waals surface area contributed by atoms with Gasteiger partial charge in [-0.05, 0) is 25.1 Å². The average Bonchev–Trinajstić information content (AvgIpc) is 2.67. The molecule has 0 fully saturated rings. The normalized spacial score (nSPS) is 10.3. The molecule has 0 aliphatic rings. The summed E-state index contributed by atoms with van der Waals surface area (Å²) in [5.41, 5.74) is 2.21. The highest BCUT2D eigenvalue weighted by Crippen LogP contribution is 2.31. The molecule has 0 radical (unpaired) electrons.